The molecule has 0 heterocycles. The molecule has 0 aliphatic carbocycles. The molecule has 0 amide bonds. The molecule has 0 aromatic heterocycles. The normalized spacial score (nSPS) is 14.5. The van der Waals surface area contributed by atoms with Gasteiger partial charge in [-0.15, -0.1) is 0 Å². The molecule has 8 heteroatoms. The molecule has 18 heavy (non-hydrogen) atoms. The Morgan fingerprint density at radius 1 is 1.17 bits per heavy atom. The van der Waals surface area contributed by atoms with Gasteiger partial charge in [0.05, 0.1) is 11.7 Å². The zero-order chi connectivity index (χ0) is 14.0. The second kappa shape index (κ2) is 5.44. The highest BCUT2D eigenvalue weighted by atomic mass is 35.7. The summed E-state index contributed by atoms with van der Waals surface area (Å²) in [5, 5.41) is -1.77. The van der Waals surface area contributed by atoms with Gasteiger partial charge in [0.1, 0.15) is 5.82 Å². The predicted molar refractivity (Wildman–Crippen MR) is 59.3 cm³/mol. The maximum Gasteiger partial charge on any atom is 0.390 e. The van der Waals surface area contributed by atoms with Crippen LogP contribution in [-0.4, -0.2) is 19.8 Å². The molecule has 0 saturated carbocycles. The SMILES string of the molecule is O=S(=O)(Cl)C(Cc1ccc(F)cc1)CC(F)(F)F. The molecular formula is C10H9ClF4O2S. The minimum Gasteiger partial charge on any atom is -0.212 e. The van der Waals surface area contributed by atoms with E-state index in [1.807, 2.05) is 0 Å². The highest BCUT2D eigenvalue weighted by molar-refractivity contribution is 8.14. The lowest BCUT2D eigenvalue weighted by atomic mass is 10.1. The van der Waals surface area contributed by atoms with Crippen LogP contribution in [0.4, 0.5) is 17.6 Å². The van der Waals surface area contributed by atoms with Crippen molar-refractivity contribution in [1.82, 2.24) is 0 Å². The van der Waals surface area contributed by atoms with E-state index in [-0.39, 0.29) is 5.56 Å². The Balaban J connectivity index is 2.89. The molecule has 0 fully saturated rings. The molecular weight excluding hydrogens is 296 g/mol. The van der Waals surface area contributed by atoms with Crippen molar-refractivity contribution in [2.75, 3.05) is 0 Å². The van der Waals surface area contributed by atoms with Crippen LogP contribution in [0, 0.1) is 5.82 Å². The van der Waals surface area contributed by atoms with E-state index in [1.165, 1.54) is 12.1 Å². The minimum absolute atomic E-state index is 0.273. The summed E-state index contributed by atoms with van der Waals surface area (Å²) in [5.41, 5.74) is 0.273. The van der Waals surface area contributed by atoms with E-state index in [4.69, 9.17) is 10.7 Å². The molecule has 102 valence electrons. The van der Waals surface area contributed by atoms with E-state index in [1.54, 1.807) is 0 Å². The van der Waals surface area contributed by atoms with E-state index in [2.05, 4.69) is 0 Å². The van der Waals surface area contributed by atoms with Crippen molar-refractivity contribution in [3.63, 3.8) is 0 Å². The second-order valence-electron chi connectivity index (χ2n) is 3.75. The van der Waals surface area contributed by atoms with Crippen molar-refractivity contribution in [1.29, 1.82) is 0 Å². The van der Waals surface area contributed by atoms with E-state index in [9.17, 15) is 26.0 Å². The minimum atomic E-state index is -4.63. The lowest BCUT2D eigenvalue weighted by molar-refractivity contribution is -0.134. The summed E-state index contributed by atoms with van der Waals surface area (Å²) in [6.45, 7) is 0. The summed E-state index contributed by atoms with van der Waals surface area (Å²) in [4.78, 5) is 0. The molecule has 0 N–H and O–H groups in total. The average Bonchev–Trinajstić information content (AvgIpc) is 2.17. The molecule has 1 aromatic carbocycles. The van der Waals surface area contributed by atoms with Crippen molar-refractivity contribution in [2.24, 2.45) is 0 Å². The smallest absolute Gasteiger partial charge is 0.212 e. The van der Waals surface area contributed by atoms with Crippen LogP contribution in [0.25, 0.3) is 0 Å². The standard InChI is InChI=1S/C10H9ClF4O2S/c11-18(16,17)9(6-10(13,14)15)5-7-1-3-8(12)4-2-7/h1-4,9H,5-6H2. The third-order valence-corrected chi connectivity index (χ3v) is 4.12. The lowest BCUT2D eigenvalue weighted by Gasteiger charge is -2.15. The number of benzene rings is 1. The van der Waals surface area contributed by atoms with Crippen molar-refractivity contribution < 1.29 is 26.0 Å². The lowest BCUT2D eigenvalue weighted by Crippen LogP contribution is -2.26. The number of rotatable bonds is 4. The Kier molecular flexibility index (Phi) is 4.61. The van der Waals surface area contributed by atoms with Crippen molar-refractivity contribution in [3.8, 4) is 0 Å². The Morgan fingerprint density at radius 2 is 1.67 bits per heavy atom. The summed E-state index contributed by atoms with van der Waals surface area (Å²) in [5.74, 6) is -0.556. The molecule has 1 atom stereocenters. The molecule has 0 saturated heterocycles. The molecule has 0 aliphatic rings. The first-order valence-corrected chi connectivity index (χ1v) is 7.20. The molecule has 1 rings (SSSR count). The van der Waals surface area contributed by atoms with Crippen molar-refractivity contribution >= 4 is 19.7 Å². The van der Waals surface area contributed by atoms with Gasteiger partial charge in [-0.1, -0.05) is 12.1 Å². The Bertz CT molecular complexity index is 496. The summed E-state index contributed by atoms with van der Waals surface area (Å²) in [6.07, 6.45) is -6.57. The zero-order valence-corrected chi connectivity index (χ0v) is 10.5. The van der Waals surface area contributed by atoms with Gasteiger partial charge in [-0.05, 0) is 24.1 Å². The molecule has 0 bridgehead atoms. The number of alkyl halides is 3. The zero-order valence-electron chi connectivity index (χ0n) is 8.92. The quantitative estimate of drug-likeness (QED) is 0.632. The summed E-state index contributed by atoms with van der Waals surface area (Å²) >= 11 is 0. The van der Waals surface area contributed by atoms with Crippen LogP contribution in [0.15, 0.2) is 24.3 Å². The molecule has 0 spiro atoms. The van der Waals surface area contributed by atoms with Crippen LogP contribution in [0.1, 0.15) is 12.0 Å². The topological polar surface area (TPSA) is 34.1 Å². The first-order valence-electron chi connectivity index (χ1n) is 4.82. The van der Waals surface area contributed by atoms with Crippen molar-refractivity contribution in [2.45, 2.75) is 24.3 Å². The fourth-order valence-electron chi connectivity index (χ4n) is 1.41. The molecule has 0 aliphatic heterocycles. The highest BCUT2D eigenvalue weighted by Gasteiger charge is 2.37. The monoisotopic (exact) mass is 304 g/mol. The van der Waals surface area contributed by atoms with Crippen LogP contribution < -0.4 is 0 Å². The highest BCUT2D eigenvalue weighted by Crippen LogP contribution is 2.28. The predicted octanol–water partition coefficient (Wildman–Crippen LogP) is 3.26. The third-order valence-electron chi connectivity index (χ3n) is 2.23. The third kappa shape index (κ3) is 5.22. The summed E-state index contributed by atoms with van der Waals surface area (Å²) in [6, 6.07) is 4.53. The number of hydrogen-bond donors (Lipinski definition) is 0. The maximum absolute atomic E-state index is 12.6. The van der Waals surface area contributed by atoms with Gasteiger partial charge in [-0.3, -0.25) is 0 Å². The molecule has 1 aromatic rings. The molecule has 1 unspecified atom stereocenters. The fraction of sp³-hybridized carbons (Fsp3) is 0.400. The van der Waals surface area contributed by atoms with Crippen LogP contribution >= 0.6 is 10.7 Å². The second-order valence-corrected chi connectivity index (χ2v) is 6.66. The van der Waals surface area contributed by atoms with Crippen LogP contribution in [0.2, 0.25) is 0 Å². The van der Waals surface area contributed by atoms with Gasteiger partial charge in [0, 0.05) is 10.7 Å². The van der Waals surface area contributed by atoms with Gasteiger partial charge in [-0.2, -0.15) is 13.2 Å². The van der Waals surface area contributed by atoms with E-state index < -0.39 is 39.1 Å². The Hall–Kier alpha value is -0.820. The molecule has 2 nitrogen and oxygen atoms in total. The van der Waals surface area contributed by atoms with Gasteiger partial charge >= 0.3 is 6.18 Å². The van der Waals surface area contributed by atoms with Gasteiger partial charge in [0.2, 0.25) is 9.05 Å². The van der Waals surface area contributed by atoms with Gasteiger partial charge < -0.3 is 0 Å². The van der Waals surface area contributed by atoms with Gasteiger partial charge in [0.25, 0.3) is 0 Å². The first kappa shape index (κ1) is 15.2. The summed E-state index contributed by atoms with van der Waals surface area (Å²) < 4.78 is 71.4. The van der Waals surface area contributed by atoms with Gasteiger partial charge in [0.15, 0.2) is 0 Å². The summed E-state index contributed by atoms with van der Waals surface area (Å²) in [7, 11) is 0.637. The van der Waals surface area contributed by atoms with E-state index in [0.717, 1.165) is 12.1 Å². The Labute approximate surface area is 106 Å². The Morgan fingerprint density at radius 3 is 2.06 bits per heavy atom. The number of hydrogen-bond acceptors (Lipinski definition) is 2. The fourth-order valence-corrected chi connectivity index (χ4v) is 2.57. The first-order chi connectivity index (χ1) is 8.08. The molecule has 0 radical (unpaired) electrons. The van der Waals surface area contributed by atoms with E-state index in [0.29, 0.717) is 0 Å². The average molecular weight is 305 g/mol. The van der Waals surface area contributed by atoms with Crippen LogP contribution in [0.5, 0.6) is 0 Å². The van der Waals surface area contributed by atoms with Gasteiger partial charge in [-0.25, -0.2) is 12.8 Å². The van der Waals surface area contributed by atoms with Crippen molar-refractivity contribution in [3.05, 3.63) is 35.6 Å². The largest absolute Gasteiger partial charge is 0.390 e. The van der Waals surface area contributed by atoms with Crippen LogP contribution in [-0.2, 0) is 15.5 Å². The number of halogens is 5. The maximum atomic E-state index is 12.6. The van der Waals surface area contributed by atoms with E-state index >= 15 is 0 Å². The van der Waals surface area contributed by atoms with Crippen LogP contribution in [0.3, 0.4) is 0 Å².